The van der Waals surface area contributed by atoms with Gasteiger partial charge in [0, 0.05) is 5.56 Å². The van der Waals surface area contributed by atoms with Crippen LogP contribution in [0.3, 0.4) is 0 Å². The van der Waals surface area contributed by atoms with Crippen molar-refractivity contribution in [3.63, 3.8) is 0 Å². The van der Waals surface area contributed by atoms with Gasteiger partial charge in [0.05, 0.1) is 22.3 Å². The van der Waals surface area contributed by atoms with Gasteiger partial charge < -0.3 is 4.42 Å². The Morgan fingerprint density at radius 3 is 2.31 bits per heavy atom. The van der Waals surface area contributed by atoms with Gasteiger partial charge in [-0.05, 0) is 60.7 Å². The Balaban J connectivity index is 1.50. The molecule has 0 saturated heterocycles. The molecule has 5 aromatic rings. The first-order chi connectivity index (χ1) is 15.6. The van der Waals surface area contributed by atoms with E-state index in [-0.39, 0.29) is 28.2 Å². The van der Waals surface area contributed by atoms with E-state index in [1.807, 2.05) is 0 Å². The van der Waals surface area contributed by atoms with E-state index >= 15 is 0 Å². The highest BCUT2D eigenvalue weighted by Crippen LogP contribution is 2.26. The number of fused-ring (bicyclic) bond motifs is 1. The van der Waals surface area contributed by atoms with Crippen molar-refractivity contribution in [2.24, 2.45) is 0 Å². The van der Waals surface area contributed by atoms with Crippen molar-refractivity contribution < 1.29 is 13.2 Å². The van der Waals surface area contributed by atoms with Crippen LogP contribution in [0.4, 0.5) is 8.78 Å². The van der Waals surface area contributed by atoms with Crippen LogP contribution in [0.15, 0.2) is 87.2 Å². The zero-order chi connectivity index (χ0) is 22.1. The number of thioether (sulfide) groups is 1. The molecule has 2 aromatic heterocycles. The minimum absolute atomic E-state index is 0.252. The average molecular weight is 448 g/mol. The summed E-state index contributed by atoms with van der Waals surface area (Å²) in [6, 6.07) is 18.4. The molecule has 0 bridgehead atoms. The van der Waals surface area contributed by atoms with Gasteiger partial charge in [-0.3, -0.25) is 9.36 Å². The molecule has 0 amide bonds. The third-order valence-electron chi connectivity index (χ3n) is 4.75. The molecular weight excluding hydrogens is 434 g/mol. The number of benzene rings is 3. The highest BCUT2D eigenvalue weighted by molar-refractivity contribution is 7.98. The summed E-state index contributed by atoms with van der Waals surface area (Å²) in [6.07, 6.45) is 0. The smallest absolute Gasteiger partial charge is 0.277 e. The highest BCUT2D eigenvalue weighted by Gasteiger charge is 2.15. The van der Waals surface area contributed by atoms with Crippen LogP contribution >= 0.6 is 11.8 Å². The monoisotopic (exact) mass is 448 g/mol. The van der Waals surface area contributed by atoms with Gasteiger partial charge in [-0.2, -0.15) is 0 Å². The lowest BCUT2D eigenvalue weighted by molar-refractivity contribution is 0.465. The van der Waals surface area contributed by atoms with Crippen molar-refractivity contribution in [2.45, 2.75) is 11.0 Å². The van der Waals surface area contributed by atoms with Crippen LogP contribution in [0.25, 0.3) is 28.0 Å². The second-order valence-electron chi connectivity index (χ2n) is 6.83. The van der Waals surface area contributed by atoms with Gasteiger partial charge >= 0.3 is 0 Å². The summed E-state index contributed by atoms with van der Waals surface area (Å²) < 4.78 is 33.7. The average Bonchev–Trinajstić information content (AvgIpc) is 3.28. The fraction of sp³-hybridized carbons (Fsp3) is 0.0435. The molecule has 0 aliphatic rings. The van der Waals surface area contributed by atoms with Crippen molar-refractivity contribution >= 4 is 22.7 Å². The van der Waals surface area contributed by atoms with E-state index < -0.39 is 5.82 Å². The molecule has 0 saturated carbocycles. The van der Waals surface area contributed by atoms with Crippen LogP contribution in [0.2, 0.25) is 0 Å². The minimum atomic E-state index is -0.398. The fourth-order valence-corrected chi connectivity index (χ4v) is 3.92. The topological polar surface area (TPSA) is 73.8 Å². The van der Waals surface area contributed by atoms with Gasteiger partial charge in [0.25, 0.3) is 10.8 Å². The first-order valence-corrected chi connectivity index (χ1v) is 10.6. The minimum Gasteiger partial charge on any atom is -0.411 e. The van der Waals surface area contributed by atoms with Gasteiger partial charge in [0.1, 0.15) is 17.5 Å². The van der Waals surface area contributed by atoms with E-state index in [0.29, 0.717) is 28.0 Å². The summed E-state index contributed by atoms with van der Waals surface area (Å²) in [5.74, 6) is 0.207. The summed E-state index contributed by atoms with van der Waals surface area (Å²) in [6.45, 7) is 0. The van der Waals surface area contributed by atoms with Crippen LogP contribution in [-0.4, -0.2) is 19.7 Å². The Morgan fingerprint density at radius 1 is 0.875 bits per heavy atom. The number of hydrogen-bond acceptors (Lipinski definition) is 6. The molecule has 32 heavy (non-hydrogen) atoms. The van der Waals surface area contributed by atoms with E-state index in [9.17, 15) is 13.6 Å². The van der Waals surface area contributed by atoms with Crippen molar-refractivity contribution in [2.75, 3.05) is 0 Å². The lowest BCUT2D eigenvalue weighted by Crippen LogP contribution is -2.23. The number of hydrogen-bond donors (Lipinski definition) is 0. The molecule has 0 aliphatic heterocycles. The molecule has 9 heteroatoms. The van der Waals surface area contributed by atoms with Crippen LogP contribution in [0.5, 0.6) is 0 Å². The van der Waals surface area contributed by atoms with Crippen molar-refractivity contribution in [3.05, 3.63) is 101 Å². The second-order valence-corrected chi connectivity index (χ2v) is 7.76. The number of para-hydroxylation sites is 1. The Labute approximate surface area is 184 Å². The standard InChI is InChI=1S/C23H14F2N4O2S/c24-15-7-5-14(6-8-15)21-27-28-23(31-21)32-13-20-26-19-4-2-1-3-18(19)22(30)29(20)17-11-9-16(25)10-12-17/h1-12H,13H2. The van der Waals surface area contributed by atoms with Crippen LogP contribution in [-0.2, 0) is 5.75 Å². The summed E-state index contributed by atoms with van der Waals surface area (Å²) in [4.78, 5) is 17.8. The second kappa shape index (κ2) is 8.35. The molecule has 0 radical (unpaired) electrons. The lowest BCUT2D eigenvalue weighted by atomic mass is 10.2. The number of nitrogens with zero attached hydrogens (tertiary/aromatic N) is 4. The Morgan fingerprint density at radius 2 is 1.56 bits per heavy atom. The van der Waals surface area contributed by atoms with Crippen molar-refractivity contribution in [1.82, 2.24) is 19.7 Å². The first kappa shape index (κ1) is 20.1. The maximum atomic E-state index is 13.4. The van der Waals surface area contributed by atoms with Crippen molar-refractivity contribution in [1.29, 1.82) is 0 Å². The summed E-state index contributed by atoms with van der Waals surface area (Å²) >= 11 is 1.21. The maximum absolute atomic E-state index is 13.4. The van der Waals surface area contributed by atoms with Crippen molar-refractivity contribution in [3.8, 4) is 17.1 Å². The Bertz CT molecular complexity index is 1460. The predicted octanol–water partition coefficient (Wildman–Crippen LogP) is 5.01. The SMILES string of the molecule is O=c1c2ccccc2nc(CSc2nnc(-c3ccc(F)cc3)o2)n1-c1ccc(F)cc1. The van der Waals surface area contributed by atoms with Gasteiger partial charge in [0.2, 0.25) is 5.89 Å². The molecule has 0 unspecified atom stereocenters. The van der Waals surface area contributed by atoms with E-state index in [4.69, 9.17) is 4.42 Å². The molecule has 0 N–H and O–H groups in total. The van der Waals surface area contributed by atoms with Crippen LogP contribution in [0, 0.1) is 11.6 Å². The molecule has 6 nitrogen and oxygen atoms in total. The third kappa shape index (κ3) is 3.90. The van der Waals surface area contributed by atoms with E-state index in [1.165, 1.54) is 52.7 Å². The highest BCUT2D eigenvalue weighted by atomic mass is 32.2. The maximum Gasteiger partial charge on any atom is 0.277 e. The summed E-state index contributed by atoms with van der Waals surface area (Å²) in [5, 5.41) is 8.75. The Kier molecular flexibility index (Phi) is 5.24. The molecule has 0 aliphatic carbocycles. The van der Waals surface area contributed by atoms with Gasteiger partial charge in [-0.15, -0.1) is 10.2 Å². The Hall–Kier alpha value is -3.85. The third-order valence-corrected chi connectivity index (χ3v) is 5.57. The largest absolute Gasteiger partial charge is 0.411 e. The quantitative estimate of drug-likeness (QED) is 0.352. The number of rotatable bonds is 5. The van der Waals surface area contributed by atoms with Gasteiger partial charge in [-0.25, -0.2) is 13.8 Å². The molecule has 158 valence electrons. The molecule has 0 atom stereocenters. The number of halogens is 2. The zero-order valence-corrected chi connectivity index (χ0v) is 17.2. The van der Waals surface area contributed by atoms with E-state index in [0.717, 1.165) is 0 Å². The molecule has 0 fully saturated rings. The molecule has 0 spiro atoms. The fourth-order valence-electron chi connectivity index (χ4n) is 3.24. The number of aromatic nitrogens is 4. The van der Waals surface area contributed by atoms with Gasteiger partial charge in [-0.1, -0.05) is 23.9 Å². The molecule has 2 heterocycles. The summed E-state index contributed by atoms with van der Waals surface area (Å²) in [7, 11) is 0. The zero-order valence-electron chi connectivity index (χ0n) is 16.4. The van der Waals surface area contributed by atoms with E-state index in [1.54, 1.807) is 36.4 Å². The van der Waals surface area contributed by atoms with Crippen LogP contribution in [0.1, 0.15) is 5.82 Å². The first-order valence-electron chi connectivity index (χ1n) is 9.57. The predicted molar refractivity (Wildman–Crippen MR) is 117 cm³/mol. The normalized spacial score (nSPS) is 11.2. The van der Waals surface area contributed by atoms with Crippen LogP contribution < -0.4 is 5.56 Å². The summed E-state index contributed by atoms with van der Waals surface area (Å²) in [5.41, 5.74) is 1.40. The molecular formula is C23H14F2N4O2S. The van der Waals surface area contributed by atoms with Gasteiger partial charge in [0.15, 0.2) is 0 Å². The van der Waals surface area contributed by atoms with E-state index in [2.05, 4.69) is 15.2 Å². The molecule has 3 aromatic carbocycles. The molecule has 5 rings (SSSR count). The lowest BCUT2D eigenvalue weighted by Gasteiger charge is -2.13.